The van der Waals surface area contributed by atoms with Crippen molar-refractivity contribution in [3.63, 3.8) is 0 Å². The number of nitrogens with one attached hydrogen (secondary N) is 3. The Kier molecular flexibility index (Phi) is 19.4. The number of benzene rings is 5. The molecule has 0 spiro atoms. The fraction of sp³-hybridized carbons (Fsp3) is 0.338. The van der Waals surface area contributed by atoms with E-state index in [4.69, 9.17) is 43.9 Å². The van der Waals surface area contributed by atoms with Crippen LogP contribution in [0.4, 0.5) is 50.0 Å². The standard InChI is InChI=1S/C27H26F3N5O.C27H27F2N5O.C26H27FN6O2/c1-17-14-35-25(33-17)21(19-4-2-18(3-5-19)15-34-10-9-27(29,30)16-34)12-31-26(35)32-13-22-20-8-11-36-24(20)7-6-23(22)28;1-17-14-34-26(32-17)22(19-4-2-18(3-5-19)15-33-10-8-20(28)16-33)12-30-27(34)31-13-23-21-9-11-35-25(21)7-6-24(23)29;1-16-15-33-25(30-16)21(18-3-6-24(31-17(18)2)32-8-11-34-12-9-32)14-29-26(33)28-13-20-19-7-10-35-23(19)5-4-22(20)27/h2-7,12,14H,8-11,13,15-16H2,1H3,(H,31,32);2-7,12,14,20H,8-11,13,15-16H2,1H3,(H,30,31);3-6,14-15H,7-13H2,1-2H3,(H,28,29). The van der Waals surface area contributed by atoms with Crippen molar-refractivity contribution in [1.82, 2.24) is 57.9 Å². The number of halogens is 6. The molecule has 12 aromatic rings. The van der Waals surface area contributed by atoms with Gasteiger partial charge in [0, 0.05) is 190 Å². The quantitative estimate of drug-likeness (QED) is 0.0730. The summed E-state index contributed by atoms with van der Waals surface area (Å²) in [5.41, 5.74) is 18.1. The van der Waals surface area contributed by atoms with Crippen LogP contribution < -0.4 is 35.1 Å². The Morgan fingerprint density at radius 2 is 0.906 bits per heavy atom. The van der Waals surface area contributed by atoms with Crippen molar-refractivity contribution in [2.45, 2.75) is 105 Å². The molecule has 1 unspecified atom stereocenters. The second-order valence-corrected chi connectivity index (χ2v) is 27.8. The van der Waals surface area contributed by atoms with E-state index in [9.17, 15) is 26.3 Å². The number of imidazole rings is 3. The summed E-state index contributed by atoms with van der Waals surface area (Å²) in [5.74, 6) is 1.65. The average molecular weight is 1440 g/mol. The van der Waals surface area contributed by atoms with Gasteiger partial charge in [-0.2, -0.15) is 0 Å². The number of ether oxygens (including phenoxy) is 4. The van der Waals surface area contributed by atoms with Crippen molar-refractivity contribution in [1.29, 1.82) is 0 Å². The first-order valence-corrected chi connectivity index (χ1v) is 36.0. The van der Waals surface area contributed by atoms with Gasteiger partial charge in [-0.25, -0.2) is 61.2 Å². The predicted molar refractivity (Wildman–Crippen MR) is 393 cm³/mol. The van der Waals surface area contributed by atoms with Gasteiger partial charge in [-0.3, -0.25) is 23.0 Å². The van der Waals surface area contributed by atoms with E-state index in [0.29, 0.717) is 113 Å². The number of aromatic nitrogens is 10. The molecule has 0 radical (unpaired) electrons. The zero-order valence-corrected chi connectivity index (χ0v) is 59.3. The molecule has 18 rings (SSSR count). The molecule has 3 N–H and O–H groups in total. The number of morpholine rings is 1. The summed E-state index contributed by atoms with van der Waals surface area (Å²) in [6, 6.07) is 29.7. The molecule has 20 nitrogen and oxygen atoms in total. The summed E-state index contributed by atoms with van der Waals surface area (Å²) in [5, 5.41) is 9.89. The van der Waals surface area contributed by atoms with E-state index in [2.05, 4.69) is 66.0 Å². The minimum atomic E-state index is -2.59. The summed E-state index contributed by atoms with van der Waals surface area (Å²) in [6.07, 6.45) is 13.1. The Hall–Kier alpha value is -10.8. The minimum Gasteiger partial charge on any atom is -0.493 e. The molecule has 3 fully saturated rings. The Balaban J connectivity index is 0.000000122. The van der Waals surface area contributed by atoms with Crippen LogP contribution >= 0.6 is 0 Å². The molecule has 6 aliphatic rings. The molecular formula is C80H80F6N16O4. The number of rotatable bonds is 17. The van der Waals surface area contributed by atoms with Crippen LogP contribution in [0.5, 0.6) is 17.2 Å². The van der Waals surface area contributed by atoms with Crippen LogP contribution in [-0.4, -0.2) is 142 Å². The minimum absolute atomic E-state index is 0.0818. The highest BCUT2D eigenvalue weighted by Crippen LogP contribution is 2.37. The number of pyridine rings is 1. The molecule has 26 heteroatoms. The van der Waals surface area contributed by atoms with Crippen LogP contribution in [0.3, 0.4) is 0 Å². The fourth-order valence-corrected chi connectivity index (χ4v) is 15.1. The summed E-state index contributed by atoms with van der Waals surface area (Å²) < 4.78 is 112. The highest BCUT2D eigenvalue weighted by atomic mass is 19.3. The second kappa shape index (κ2) is 29.6. The molecule has 0 saturated carbocycles. The van der Waals surface area contributed by atoms with Crippen LogP contribution in [0.1, 0.15) is 80.1 Å². The summed E-state index contributed by atoms with van der Waals surface area (Å²) in [6.45, 7) is 16.4. The zero-order valence-electron chi connectivity index (χ0n) is 59.3. The highest BCUT2D eigenvalue weighted by molar-refractivity contribution is 5.81. The molecule has 3 saturated heterocycles. The van der Waals surface area contributed by atoms with Crippen LogP contribution in [0.15, 0.2) is 134 Å². The van der Waals surface area contributed by atoms with Crippen molar-refractivity contribution in [2.24, 2.45) is 0 Å². The SMILES string of the molecule is Cc1cn2c(NCc3c(F)ccc4c3CCO4)ncc(-c3ccc(CN4CCC(F)(F)C4)cc3)c2n1.Cc1cn2c(NCc3c(F)ccc4c3CCO4)ncc(-c3ccc(CN4CCC(F)C4)cc3)c2n1.Cc1cn2c(NCc3c(F)ccc4c3CCO4)ncc(-c3ccc(N4CCOCC4)nc3C)c2n1. The normalized spacial score (nSPS) is 16.6. The summed E-state index contributed by atoms with van der Waals surface area (Å²) in [7, 11) is 0. The first-order chi connectivity index (χ1) is 51.5. The third-order valence-corrected chi connectivity index (χ3v) is 20.4. The Morgan fingerprint density at radius 3 is 1.32 bits per heavy atom. The lowest BCUT2D eigenvalue weighted by atomic mass is 10.0. The number of fused-ring (bicyclic) bond motifs is 6. The zero-order chi connectivity index (χ0) is 72.7. The molecule has 0 amide bonds. The van der Waals surface area contributed by atoms with E-state index in [1.807, 2.05) is 102 Å². The maximum atomic E-state index is 14.6. The third kappa shape index (κ3) is 14.6. The van der Waals surface area contributed by atoms with Crippen molar-refractivity contribution < 1.29 is 45.3 Å². The van der Waals surface area contributed by atoms with Crippen LogP contribution in [0.25, 0.3) is 50.3 Å². The van der Waals surface area contributed by atoms with Crippen LogP contribution in [0, 0.1) is 45.1 Å². The highest BCUT2D eigenvalue weighted by Gasteiger charge is 2.38. The Labute approximate surface area is 608 Å². The lowest BCUT2D eigenvalue weighted by Gasteiger charge is -2.28. The number of hydrogen-bond donors (Lipinski definition) is 3. The maximum Gasteiger partial charge on any atom is 0.261 e. The van der Waals surface area contributed by atoms with E-state index in [1.54, 1.807) is 29.3 Å². The number of nitrogens with zero attached hydrogens (tertiary/aromatic N) is 13. The predicted octanol–water partition coefficient (Wildman–Crippen LogP) is 14.1. The summed E-state index contributed by atoms with van der Waals surface area (Å²) >= 11 is 0. The number of likely N-dealkylation sites (tertiary alicyclic amines) is 2. The lowest BCUT2D eigenvalue weighted by molar-refractivity contribution is 0.0115. The van der Waals surface area contributed by atoms with Crippen LogP contribution in [0.2, 0.25) is 0 Å². The van der Waals surface area contributed by atoms with Crippen LogP contribution in [-0.2, 0) is 56.7 Å². The molecule has 7 aromatic heterocycles. The van der Waals surface area contributed by atoms with Gasteiger partial charge in [0.15, 0.2) is 0 Å². The van der Waals surface area contributed by atoms with Crippen molar-refractivity contribution >= 4 is 40.6 Å². The lowest BCUT2D eigenvalue weighted by Crippen LogP contribution is -2.36. The van der Waals surface area contributed by atoms with Gasteiger partial charge in [0.05, 0.1) is 56.7 Å². The molecular weight excluding hydrogens is 1360 g/mol. The Bertz CT molecular complexity index is 5260. The van der Waals surface area contributed by atoms with Gasteiger partial charge in [-0.05, 0) is 105 Å². The summed E-state index contributed by atoms with van der Waals surface area (Å²) in [4.78, 5) is 39.2. The topological polar surface area (TPSA) is 186 Å². The number of aryl methyl sites for hydroxylation is 4. The third-order valence-electron chi connectivity index (χ3n) is 20.4. The first kappa shape index (κ1) is 69.5. The van der Waals surface area contributed by atoms with Gasteiger partial charge in [-0.15, -0.1) is 0 Å². The largest absolute Gasteiger partial charge is 0.493 e. The molecule has 13 heterocycles. The van der Waals surface area contributed by atoms with Crippen molar-refractivity contribution in [2.75, 3.05) is 93.2 Å². The number of anilines is 4. The molecule has 546 valence electrons. The number of alkyl halides is 3. The van der Waals surface area contributed by atoms with E-state index in [1.165, 1.54) is 18.2 Å². The van der Waals surface area contributed by atoms with Gasteiger partial charge in [-0.1, -0.05) is 48.5 Å². The maximum absolute atomic E-state index is 14.6. The van der Waals surface area contributed by atoms with E-state index in [-0.39, 0.29) is 37.0 Å². The molecule has 5 aromatic carbocycles. The first-order valence-electron chi connectivity index (χ1n) is 36.0. The van der Waals surface area contributed by atoms with E-state index in [0.717, 1.165) is 163 Å². The molecule has 6 aliphatic heterocycles. The van der Waals surface area contributed by atoms with Gasteiger partial charge in [0.2, 0.25) is 17.8 Å². The van der Waals surface area contributed by atoms with Gasteiger partial charge in [0.1, 0.15) is 63.6 Å². The van der Waals surface area contributed by atoms with E-state index < -0.39 is 12.1 Å². The van der Waals surface area contributed by atoms with Crippen molar-refractivity contribution in [3.05, 3.63) is 219 Å². The average Bonchev–Trinajstić information content (AvgIpc) is 1.44. The number of hydrogen-bond acceptors (Lipinski definition) is 17. The van der Waals surface area contributed by atoms with Gasteiger partial charge in [0.25, 0.3) is 5.92 Å². The van der Waals surface area contributed by atoms with Gasteiger partial charge >= 0.3 is 0 Å². The van der Waals surface area contributed by atoms with E-state index >= 15 is 0 Å². The van der Waals surface area contributed by atoms with Crippen molar-refractivity contribution in [3.8, 4) is 50.6 Å². The fourth-order valence-electron chi connectivity index (χ4n) is 15.1. The smallest absolute Gasteiger partial charge is 0.261 e. The Morgan fingerprint density at radius 1 is 0.472 bits per heavy atom. The second-order valence-electron chi connectivity index (χ2n) is 27.8. The monoisotopic (exact) mass is 1440 g/mol. The molecule has 0 bridgehead atoms. The van der Waals surface area contributed by atoms with Gasteiger partial charge < -0.3 is 39.8 Å². The molecule has 106 heavy (non-hydrogen) atoms. The molecule has 0 aliphatic carbocycles. The molecule has 1 atom stereocenters.